The quantitative estimate of drug-likeness (QED) is 0.632. The zero-order valence-corrected chi connectivity index (χ0v) is 8.99. The van der Waals surface area contributed by atoms with Crippen molar-refractivity contribution in [2.45, 2.75) is 6.92 Å². The van der Waals surface area contributed by atoms with E-state index in [9.17, 15) is 4.79 Å². The normalized spacial score (nSPS) is 10.5. The van der Waals surface area contributed by atoms with E-state index in [4.69, 9.17) is 22.1 Å². The third-order valence-electron chi connectivity index (χ3n) is 1.58. The Hall–Kier alpha value is -1.55. The van der Waals surface area contributed by atoms with Crippen molar-refractivity contribution in [1.82, 2.24) is 4.98 Å². The Bertz CT molecular complexity index is 391. The summed E-state index contributed by atoms with van der Waals surface area (Å²) in [4.78, 5) is 14.9. The number of nitrogens with zero attached hydrogens (tertiary/aromatic N) is 1. The van der Waals surface area contributed by atoms with Gasteiger partial charge in [-0.15, -0.1) is 0 Å². The summed E-state index contributed by atoms with van der Waals surface area (Å²) in [5.74, 6) is -0.423. The number of anilines is 1. The van der Waals surface area contributed by atoms with E-state index in [0.29, 0.717) is 23.0 Å². The molecule has 1 rings (SSSR count). The molecular formula is C10H11ClN2O2. The number of pyridine rings is 1. The van der Waals surface area contributed by atoms with E-state index < -0.39 is 5.97 Å². The fourth-order valence-corrected chi connectivity index (χ4v) is 1.11. The highest BCUT2D eigenvalue weighted by molar-refractivity contribution is 6.30. The van der Waals surface area contributed by atoms with E-state index in [1.165, 1.54) is 18.3 Å². The summed E-state index contributed by atoms with van der Waals surface area (Å²) < 4.78 is 4.71. The Labute approximate surface area is 92.7 Å². The van der Waals surface area contributed by atoms with Crippen LogP contribution in [0.3, 0.4) is 0 Å². The first-order chi connectivity index (χ1) is 7.13. The van der Waals surface area contributed by atoms with Gasteiger partial charge in [-0.25, -0.2) is 4.79 Å². The van der Waals surface area contributed by atoms with Crippen LogP contribution in [0.5, 0.6) is 0 Å². The van der Waals surface area contributed by atoms with Crippen molar-refractivity contribution in [2.75, 3.05) is 12.3 Å². The van der Waals surface area contributed by atoms with Crippen LogP contribution in [0.25, 0.3) is 6.08 Å². The van der Waals surface area contributed by atoms with Crippen LogP contribution in [0.4, 0.5) is 5.69 Å². The van der Waals surface area contributed by atoms with Crippen LogP contribution in [0, 0.1) is 0 Å². The van der Waals surface area contributed by atoms with Crippen molar-refractivity contribution in [3.63, 3.8) is 0 Å². The van der Waals surface area contributed by atoms with Gasteiger partial charge in [-0.2, -0.15) is 0 Å². The van der Waals surface area contributed by atoms with E-state index >= 15 is 0 Å². The summed E-state index contributed by atoms with van der Waals surface area (Å²) >= 11 is 5.67. The van der Waals surface area contributed by atoms with Gasteiger partial charge in [0.25, 0.3) is 0 Å². The molecule has 4 nitrogen and oxygen atoms in total. The maximum absolute atomic E-state index is 11.0. The summed E-state index contributed by atoms with van der Waals surface area (Å²) in [6.45, 7) is 2.08. The third-order valence-corrected chi connectivity index (χ3v) is 1.79. The summed E-state index contributed by atoms with van der Waals surface area (Å²) in [5, 5.41) is 0.459. The molecule has 0 saturated heterocycles. The molecule has 0 fully saturated rings. The first-order valence-electron chi connectivity index (χ1n) is 4.39. The lowest BCUT2D eigenvalue weighted by Gasteiger charge is -1.99. The molecule has 0 radical (unpaired) electrons. The predicted octanol–water partition coefficient (Wildman–Crippen LogP) is 1.89. The van der Waals surface area contributed by atoms with E-state index in [0.717, 1.165) is 0 Å². The highest BCUT2D eigenvalue weighted by Gasteiger charge is 1.99. The van der Waals surface area contributed by atoms with Crippen LogP contribution in [-0.2, 0) is 9.53 Å². The van der Waals surface area contributed by atoms with E-state index in [1.54, 1.807) is 13.0 Å². The van der Waals surface area contributed by atoms with Gasteiger partial charge in [0.1, 0.15) is 0 Å². The number of rotatable bonds is 3. The Morgan fingerprint density at radius 3 is 3.07 bits per heavy atom. The van der Waals surface area contributed by atoms with Gasteiger partial charge in [-0.05, 0) is 19.1 Å². The standard InChI is InChI=1S/C10H11ClN2O2/c1-2-15-10(14)4-3-9-8(12)5-7(11)6-13-9/h3-6H,2,12H2,1H3. The monoisotopic (exact) mass is 226 g/mol. The number of nitrogen functional groups attached to an aromatic ring is 1. The minimum Gasteiger partial charge on any atom is -0.463 e. The lowest BCUT2D eigenvalue weighted by atomic mass is 10.3. The average molecular weight is 227 g/mol. The number of nitrogens with two attached hydrogens (primary N) is 1. The van der Waals surface area contributed by atoms with Gasteiger partial charge in [0, 0.05) is 12.3 Å². The number of hydrogen-bond donors (Lipinski definition) is 1. The largest absolute Gasteiger partial charge is 0.463 e. The summed E-state index contributed by atoms with van der Waals surface area (Å²) in [6.07, 6.45) is 4.22. The van der Waals surface area contributed by atoms with Gasteiger partial charge in [0.2, 0.25) is 0 Å². The van der Waals surface area contributed by atoms with Crippen LogP contribution in [0.1, 0.15) is 12.6 Å². The van der Waals surface area contributed by atoms with Gasteiger partial charge in [0.15, 0.2) is 0 Å². The van der Waals surface area contributed by atoms with Crippen LogP contribution >= 0.6 is 11.6 Å². The molecule has 5 heteroatoms. The molecule has 0 atom stereocenters. The van der Waals surface area contributed by atoms with Gasteiger partial charge < -0.3 is 10.5 Å². The van der Waals surface area contributed by atoms with Crippen molar-refractivity contribution >= 4 is 29.3 Å². The molecule has 0 amide bonds. The molecule has 0 aliphatic rings. The SMILES string of the molecule is CCOC(=O)C=Cc1ncc(Cl)cc1N. The number of aromatic nitrogens is 1. The van der Waals surface area contributed by atoms with Gasteiger partial charge >= 0.3 is 5.97 Å². The number of esters is 1. The van der Waals surface area contributed by atoms with Crippen LogP contribution in [-0.4, -0.2) is 17.6 Å². The maximum Gasteiger partial charge on any atom is 0.330 e. The number of hydrogen-bond acceptors (Lipinski definition) is 4. The molecule has 15 heavy (non-hydrogen) atoms. The molecule has 0 spiro atoms. The summed E-state index contributed by atoms with van der Waals surface area (Å²) in [5.41, 5.74) is 6.54. The first-order valence-corrected chi connectivity index (χ1v) is 4.77. The second kappa shape index (κ2) is 5.36. The second-order valence-corrected chi connectivity index (χ2v) is 3.15. The molecule has 0 aliphatic heterocycles. The van der Waals surface area contributed by atoms with Crippen molar-refractivity contribution in [2.24, 2.45) is 0 Å². The molecular weight excluding hydrogens is 216 g/mol. The Balaban J connectivity index is 2.76. The molecule has 0 unspecified atom stereocenters. The molecule has 0 saturated carbocycles. The fraction of sp³-hybridized carbons (Fsp3) is 0.200. The van der Waals surface area contributed by atoms with Gasteiger partial charge in [-0.1, -0.05) is 11.6 Å². The molecule has 1 aromatic rings. The molecule has 80 valence electrons. The highest BCUT2D eigenvalue weighted by atomic mass is 35.5. The minimum atomic E-state index is -0.423. The van der Waals surface area contributed by atoms with Gasteiger partial charge in [-0.3, -0.25) is 4.98 Å². The average Bonchev–Trinajstić information content (AvgIpc) is 2.17. The van der Waals surface area contributed by atoms with Crippen molar-refractivity contribution in [3.05, 3.63) is 29.1 Å². The molecule has 2 N–H and O–H groups in total. The molecule has 1 aromatic heterocycles. The van der Waals surface area contributed by atoms with E-state index in [-0.39, 0.29) is 0 Å². The molecule has 1 heterocycles. The topological polar surface area (TPSA) is 65.2 Å². The number of carbonyl (C=O) groups excluding carboxylic acids is 1. The molecule has 0 bridgehead atoms. The lowest BCUT2D eigenvalue weighted by molar-refractivity contribution is -0.137. The number of carbonyl (C=O) groups is 1. The Kier molecular flexibility index (Phi) is 4.12. The van der Waals surface area contributed by atoms with Gasteiger partial charge in [0.05, 0.1) is 23.0 Å². The van der Waals surface area contributed by atoms with Crippen molar-refractivity contribution in [1.29, 1.82) is 0 Å². The minimum absolute atomic E-state index is 0.340. The zero-order valence-electron chi connectivity index (χ0n) is 8.24. The van der Waals surface area contributed by atoms with Crippen LogP contribution < -0.4 is 5.73 Å². The first kappa shape index (κ1) is 11.5. The smallest absolute Gasteiger partial charge is 0.330 e. The number of ether oxygens (including phenoxy) is 1. The van der Waals surface area contributed by atoms with Crippen LogP contribution in [0.15, 0.2) is 18.3 Å². The van der Waals surface area contributed by atoms with E-state index in [2.05, 4.69) is 4.98 Å². The predicted molar refractivity (Wildman–Crippen MR) is 59.3 cm³/mol. The molecule has 0 aromatic carbocycles. The van der Waals surface area contributed by atoms with Crippen molar-refractivity contribution < 1.29 is 9.53 Å². The zero-order chi connectivity index (χ0) is 11.3. The second-order valence-electron chi connectivity index (χ2n) is 2.71. The van der Waals surface area contributed by atoms with E-state index in [1.807, 2.05) is 0 Å². The molecule has 0 aliphatic carbocycles. The number of halogens is 1. The lowest BCUT2D eigenvalue weighted by Crippen LogP contribution is -1.99. The Morgan fingerprint density at radius 1 is 1.73 bits per heavy atom. The highest BCUT2D eigenvalue weighted by Crippen LogP contribution is 2.15. The fourth-order valence-electron chi connectivity index (χ4n) is 0.942. The summed E-state index contributed by atoms with van der Waals surface area (Å²) in [6, 6.07) is 1.57. The van der Waals surface area contributed by atoms with Crippen molar-refractivity contribution in [3.8, 4) is 0 Å². The van der Waals surface area contributed by atoms with Crippen LogP contribution in [0.2, 0.25) is 5.02 Å². The third kappa shape index (κ3) is 3.59. The maximum atomic E-state index is 11.0. The Morgan fingerprint density at radius 2 is 2.47 bits per heavy atom. The summed E-state index contributed by atoms with van der Waals surface area (Å²) in [7, 11) is 0.